The van der Waals surface area contributed by atoms with E-state index in [0.29, 0.717) is 0 Å². The molecular formula is C22H28N4O. The van der Waals surface area contributed by atoms with Gasteiger partial charge in [-0.2, -0.15) is 0 Å². The van der Waals surface area contributed by atoms with E-state index >= 15 is 0 Å². The van der Waals surface area contributed by atoms with Crippen molar-refractivity contribution in [2.75, 3.05) is 54.4 Å². The fraction of sp³-hybridized carbons (Fsp3) is 0.409. The van der Waals surface area contributed by atoms with E-state index in [2.05, 4.69) is 39.4 Å². The Bertz CT molecular complexity index is 775. The summed E-state index contributed by atoms with van der Waals surface area (Å²) < 4.78 is 0. The first-order chi connectivity index (χ1) is 13.2. The van der Waals surface area contributed by atoms with Crippen molar-refractivity contribution in [2.45, 2.75) is 19.8 Å². The predicted octanol–water partition coefficient (Wildman–Crippen LogP) is 3.95. The highest BCUT2D eigenvalue weighted by Gasteiger charge is 2.22. The Hall–Kier alpha value is -2.69. The van der Waals surface area contributed by atoms with Gasteiger partial charge in [-0.15, -0.1) is 0 Å². The van der Waals surface area contributed by atoms with Crippen LogP contribution in [0.5, 0.6) is 0 Å². The van der Waals surface area contributed by atoms with Crippen molar-refractivity contribution >= 4 is 23.1 Å². The first-order valence-electron chi connectivity index (χ1n) is 9.92. The molecule has 0 atom stereocenters. The zero-order valence-corrected chi connectivity index (χ0v) is 16.0. The third-order valence-electron chi connectivity index (χ3n) is 5.64. The molecule has 0 aliphatic carbocycles. The summed E-state index contributed by atoms with van der Waals surface area (Å²) in [6.45, 7) is 7.58. The molecule has 0 bridgehead atoms. The minimum Gasteiger partial charge on any atom is -0.372 e. The Kier molecular flexibility index (Phi) is 5.19. The average molecular weight is 364 g/mol. The monoisotopic (exact) mass is 364 g/mol. The number of anilines is 3. The van der Waals surface area contributed by atoms with Crippen molar-refractivity contribution in [3.63, 3.8) is 0 Å². The second-order valence-electron chi connectivity index (χ2n) is 7.43. The molecule has 2 fully saturated rings. The summed E-state index contributed by atoms with van der Waals surface area (Å²) in [5.74, 6) is 0. The average Bonchev–Trinajstić information content (AvgIpc) is 3.25. The summed E-state index contributed by atoms with van der Waals surface area (Å²) in [5, 5.41) is 3.04. The maximum Gasteiger partial charge on any atom is 0.321 e. The van der Waals surface area contributed by atoms with Gasteiger partial charge in [0.2, 0.25) is 0 Å². The van der Waals surface area contributed by atoms with Crippen molar-refractivity contribution in [1.29, 1.82) is 0 Å². The van der Waals surface area contributed by atoms with E-state index in [4.69, 9.17) is 0 Å². The molecule has 2 saturated heterocycles. The van der Waals surface area contributed by atoms with Crippen LogP contribution in [0.15, 0.2) is 48.5 Å². The smallest absolute Gasteiger partial charge is 0.321 e. The van der Waals surface area contributed by atoms with Gasteiger partial charge in [0.15, 0.2) is 0 Å². The van der Waals surface area contributed by atoms with Gasteiger partial charge in [0.1, 0.15) is 0 Å². The molecule has 0 spiro atoms. The molecule has 0 unspecified atom stereocenters. The minimum atomic E-state index is -0.00617. The Morgan fingerprint density at radius 1 is 0.778 bits per heavy atom. The molecule has 0 aromatic heterocycles. The number of nitrogens with zero attached hydrogens (tertiary/aromatic N) is 3. The number of aryl methyl sites for hydroxylation is 1. The van der Waals surface area contributed by atoms with Crippen LogP contribution in [0.2, 0.25) is 0 Å². The molecule has 4 rings (SSSR count). The van der Waals surface area contributed by atoms with Crippen LogP contribution in [0, 0.1) is 6.92 Å². The largest absolute Gasteiger partial charge is 0.372 e. The van der Waals surface area contributed by atoms with Crippen LogP contribution in [0.1, 0.15) is 18.4 Å². The lowest BCUT2D eigenvalue weighted by atomic mass is 10.2. The molecule has 2 aromatic carbocycles. The molecule has 5 nitrogen and oxygen atoms in total. The van der Waals surface area contributed by atoms with Gasteiger partial charge in [0.05, 0.1) is 0 Å². The fourth-order valence-corrected chi connectivity index (χ4v) is 3.92. The molecule has 142 valence electrons. The highest BCUT2D eigenvalue weighted by Crippen LogP contribution is 2.24. The standard InChI is InChI=1S/C22H28N4O/c1-18-6-2-3-7-21(18)23-22(27)26-16-14-25(15-17-26)20-10-8-19(9-11-20)24-12-4-5-13-24/h2-3,6-11H,4-5,12-17H2,1H3,(H,23,27). The Balaban J connectivity index is 1.32. The second kappa shape index (κ2) is 7.91. The Morgan fingerprint density at radius 3 is 1.93 bits per heavy atom. The molecular weight excluding hydrogens is 336 g/mol. The molecule has 2 aliphatic rings. The third kappa shape index (κ3) is 4.02. The van der Waals surface area contributed by atoms with Crippen molar-refractivity contribution in [1.82, 2.24) is 4.90 Å². The molecule has 1 N–H and O–H groups in total. The van der Waals surface area contributed by atoms with Crippen molar-refractivity contribution < 1.29 is 4.79 Å². The summed E-state index contributed by atoms with van der Waals surface area (Å²) in [5.41, 5.74) is 4.55. The normalized spacial score (nSPS) is 17.3. The SMILES string of the molecule is Cc1ccccc1NC(=O)N1CCN(c2ccc(N3CCCC3)cc2)CC1. The van der Waals surface area contributed by atoms with Gasteiger partial charge in [0.25, 0.3) is 0 Å². The van der Waals surface area contributed by atoms with E-state index in [9.17, 15) is 4.79 Å². The number of hydrogen-bond donors (Lipinski definition) is 1. The van der Waals surface area contributed by atoms with Gasteiger partial charge in [-0.3, -0.25) is 0 Å². The topological polar surface area (TPSA) is 38.8 Å². The highest BCUT2D eigenvalue weighted by molar-refractivity contribution is 5.90. The lowest BCUT2D eigenvalue weighted by molar-refractivity contribution is 0.208. The number of nitrogens with one attached hydrogen (secondary N) is 1. The maximum atomic E-state index is 12.5. The molecule has 2 aromatic rings. The van der Waals surface area contributed by atoms with E-state index < -0.39 is 0 Å². The minimum absolute atomic E-state index is 0.00617. The van der Waals surface area contributed by atoms with Crippen molar-refractivity contribution in [3.8, 4) is 0 Å². The van der Waals surface area contributed by atoms with Gasteiger partial charge in [-0.05, 0) is 55.7 Å². The number of para-hydroxylation sites is 1. The number of carbonyl (C=O) groups excluding carboxylic acids is 1. The van der Waals surface area contributed by atoms with Gasteiger partial charge < -0.3 is 20.0 Å². The van der Waals surface area contributed by atoms with Crippen LogP contribution in [0.3, 0.4) is 0 Å². The van der Waals surface area contributed by atoms with E-state index in [1.54, 1.807) is 0 Å². The van der Waals surface area contributed by atoms with Crippen LogP contribution in [0.25, 0.3) is 0 Å². The van der Waals surface area contributed by atoms with E-state index in [1.165, 1.54) is 37.3 Å². The molecule has 2 amide bonds. The molecule has 27 heavy (non-hydrogen) atoms. The fourth-order valence-electron chi connectivity index (χ4n) is 3.92. The zero-order valence-electron chi connectivity index (χ0n) is 16.0. The highest BCUT2D eigenvalue weighted by atomic mass is 16.2. The number of amides is 2. The second-order valence-corrected chi connectivity index (χ2v) is 7.43. The Morgan fingerprint density at radius 2 is 1.33 bits per heavy atom. The number of benzene rings is 2. The van der Waals surface area contributed by atoms with Crippen molar-refractivity contribution in [2.24, 2.45) is 0 Å². The van der Waals surface area contributed by atoms with Gasteiger partial charge in [0, 0.05) is 56.3 Å². The quantitative estimate of drug-likeness (QED) is 0.896. The summed E-state index contributed by atoms with van der Waals surface area (Å²) in [6.07, 6.45) is 2.60. The molecule has 2 heterocycles. The number of piperazine rings is 1. The van der Waals surface area contributed by atoms with Gasteiger partial charge in [-0.1, -0.05) is 18.2 Å². The molecule has 5 heteroatoms. The van der Waals surface area contributed by atoms with Crippen LogP contribution in [-0.2, 0) is 0 Å². The maximum absolute atomic E-state index is 12.5. The first kappa shape index (κ1) is 17.7. The van der Waals surface area contributed by atoms with Crippen LogP contribution in [0.4, 0.5) is 21.9 Å². The number of hydrogen-bond acceptors (Lipinski definition) is 3. The molecule has 2 aliphatic heterocycles. The summed E-state index contributed by atoms with van der Waals surface area (Å²) >= 11 is 0. The third-order valence-corrected chi connectivity index (χ3v) is 5.64. The van der Waals surface area contributed by atoms with E-state index in [-0.39, 0.29) is 6.03 Å². The number of rotatable bonds is 3. The van der Waals surface area contributed by atoms with Gasteiger partial charge in [-0.25, -0.2) is 4.79 Å². The van der Waals surface area contributed by atoms with Crippen LogP contribution in [-0.4, -0.2) is 50.2 Å². The predicted molar refractivity (Wildman–Crippen MR) is 112 cm³/mol. The van der Waals surface area contributed by atoms with E-state index in [0.717, 1.165) is 37.4 Å². The first-order valence-corrected chi connectivity index (χ1v) is 9.92. The van der Waals surface area contributed by atoms with Crippen LogP contribution < -0.4 is 15.1 Å². The van der Waals surface area contributed by atoms with Crippen LogP contribution >= 0.6 is 0 Å². The number of urea groups is 1. The summed E-state index contributed by atoms with van der Waals surface area (Å²) in [4.78, 5) is 19.3. The lowest BCUT2D eigenvalue weighted by Gasteiger charge is -2.36. The summed E-state index contributed by atoms with van der Waals surface area (Å²) in [6, 6.07) is 16.8. The number of carbonyl (C=O) groups is 1. The Labute approximate surface area is 161 Å². The molecule has 0 radical (unpaired) electrons. The van der Waals surface area contributed by atoms with Gasteiger partial charge >= 0.3 is 6.03 Å². The van der Waals surface area contributed by atoms with Crippen molar-refractivity contribution in [3.05, 3.63) is 54.1 Å². The summed E-state index contributed by atoms with van der Waals surface area (Å²) in [7, 11) is 0. The lowest BCUT2D eigenvalue weighted by Crippen LogP contribution is -2.50. The zero-order chi connectivity index (χ0) is 18.6. The van der Waals surface area contributed by atoms with E-state index in [1.807, 2.05) is 36.1 Å². The molecule has 0 saturated carbocycles.